The largest absolute Gasteiger partial charge is 0.473 e. The molecule has 0 amide bonds. The van der Waals surface area contributed by atoms with E-state index in [1.54, 1.807) is 0 Å². The minimum atomic E-state index is 0.169. The molecular weight excluding hydrogens is 224 g/mol. The Labute approximate surface area is 107 Å². The molecule has 1 unspecified atom stereocenters. The summed E-state index contributed by atoms with van der Waals surface area (Å²) < 4.78 is 5.86. The van der Waals surface area contributed by atoms with Gasteiger partial charge in [-0.15, -0.1) is 0 Å². The summed E-state index contributed by atoms with van der Waals surface area (Å²) in [6, 6.07) is 6.53. The second kappa shape index (κ2) is 4.25. The van der Waals surface area contributed by atoms with Gasteiger partial charge in [-0.05, 0) is 50.1 Å². The number of nitrogens with one attached hydrogen (secondary N) is 1. The highest BCUT2D eigenvalue weighted by Gasteiger charge is 2.16. The Hall–Kier alpha value is -1.61. The van der Waals surface area contributed by atoms with Gasteiger partial charge in [0.25, 0.3) is 0 Å². The molecule has 1 aliphatic heterocycles. The summed E-state index contributed by atoms with van der Waals surface area (Å²) in [5.41, 5.74) is 4.75. The Kier molecular flexibility index (Phi) is 2.71. The summed E-state index contributed by atoms with van der Waals surface area (Å²) in [5, 5.41) is 4.57. The average molecular weight is 242 g/mol. The normalized spacial score (nSPS) is 19.2. The molecule has 0 saturated carbocycles. The highest BCUT2D eigenvalue weighted by Crippen LogP contribution is 2.26. The van der Waals surface area contributed by atoms with Gasteiger partial charge in [-0.3, -0.25) is 0 Å². The zero-order chi connectivity index (χ0) is 12.7. The van der Waals surface area contributed by atoms with Gasteiger partial charge in [0.2, 0.25) is 5.88 Å². The van der Waals surface area contributed by atoms with E-state index in [0.717, 1.165) is 30.0 Å². The Balaban J connectivity index is 2.19. The van der Waals surface area contributed by atoms with Crippen molar-refractivity contribution in [3.05, 3.63) is 34.9 Å². The minimum absolute atomic E-state index is 0.169. The fourth-order valence-electron chi connectivity index (χ4n) is 2.34. The fraction of sp³-hybridized carbons (Fsp3) is 0.400. The van der Waals surface area contributed by atoms with E-state index in [2.05, 4.69) is 49.3 Å². The maximum Gasteiger partial charge on any atom is 0.218 e. The van der Waals surface area contributed by atoms with Crippen LogP contribution in [0.2, 0.25) is 0 Å². The quantitative estimate of drug-likeness (QED) is 0.771. The van der Waals surface area contributed by atoms with Crippen molar-refractivity contribution in [1.29, 1.82) is 0 Å². The summed E-state index contributed by atoms with van der Waals surface area (Å²) in [4.78, 5) is 4.67. The molecule has 0 saturated heterocycles. The second-order valence-corrected chi connectivity index (χ2v) is 5.14. The molecule has 1 N–H and O–H groups in total. The van der Waals surface area contributed by atoms with E-state index in [1.807, 2.05) is 0 Å². The molecule has 2 aromatic rings. The van der Waals surface area contributed by atoms with E-state index in [1.165, 1.54) is 16.5 Å². The number of aryl methyl sites for hydroxylation is 2. The monoisotopic (exact) mass is 242 g/mol. The average Bonchev–Trinajstić information content (AvgIpc) is 2.49. The van der Waals surface area contributed by atoms with Crippen molar-refractivity contribution in [2.45, 2.75) is 33.4 Å². The van der Waals surface area contributed by atoms with Crippen LogP contribution in [0.25, 0.3) is 10.9 Å². The molecule has 1 aromatic heterocycles. The molecule has 1 aliphatic rings. The first-order valence-electron chi connectivity index (χ1n) is 6.42. The summed E-state index contributed by atoms with van der Waals surface area (Å²) in [5.74, 6) is 0.781. The molecule has 3 heteroatoms. The lowest BCUT2D eigenvalue weighted by Gasteiger charge is -2.12. The molecule has 1 atom stereocenters. The number of hydrogen-bond donors (Lipinski definition) is 1. The SMILES string of the molecule is Cc1cc2cc3c(nc2cc1C)OC(C)CNC3. The zero-order valence-electron chi connectivity index (χ0n) is 11.1. The lowest BCUT2D eigenvalue weighted by molar-refractivity contribution is 0.218. The van der Waals surface area contributed by atoms with Crippen LogP contribution in [0.5, 0.6) is 5.88 Å². The van der Waals surface area contributed by atoms with Crippen LogP contribution in [-0.2, 0) is 6.54 Å². The molecule has 2 heterocycles. The van der Waals surface area contributed by atoms with Crippen LogP contribution < -0.4 is 10.1 Å². The minimum Gasteiger partial charge on any atom is -0.473 e. The van der Waals surface area contributed by atoms with Crippen molar-refractivity contribution in [2.75, 3.05) is 6.54 Å². The van der Waals surface area contributed by atoms with Crippen molar-refractivity contribution >= 4 is 10.9 Å². The standard InChI is InChI=1S/C15H18N2O/c1-9-4-12-6-13-8-16-7-11(3)18-15(13)17-14(12)5-10(9)2/h4-6,11,16H,7-8H2,1-3H3. The van der Waals surface area contributed by atoms with Gasteiger partial charge in [0, 0.05) is 24.0 Å². The van der Waals surface area contributed by atoms with Crippen molar-refractivity contribution in [1.82, 2.24) is 10.3 Å². The first-order valence-corrected chi connectivity index (χ1v) is 6.42. The first-order chi connectivity index (χ1) is 8.63. The second-order valence-electron chi connectivity index (χ2n) is 5.14. The summed E-state index contributed by atoms with van der Waals surface area (Å²) in [7, 11) is 0. The number of nitrogens with zero attached hydrogens (tertiary/aromatic N) is 1. The van der Waals surface area contributed by atoms with E-state index < -0.39 is 0 Å². The van der Waals surface area contributed by atoms with E-state index in [9.17, 15) is 0 Å². The maximum absolute atomic E-state index is 5.86. The van der Waals surface area contributed by atoms with E-state index in [0.29, 0.717) is 0 Å². The van der Waals surface area contributed by atoms with Gasteiger partial charge in [-0.2, -0.15) is 0 Å². The fourth-order valence-corrected chi connectivity index (χ4v) is 2.34. The molecule has 94 valence electrons. The maximum atomic E-state index is 5.86. The lowest BCUT2D eigenvalue weighted by atomic mass is 10.0. The van der Waals surface area contributed by atoms with Crippen LogP contribution in [0.15, 0.2) is 18.2 Å². The molecule has 3 rings (SSSR count). The van der Waals surface area contributed by atoms with Crippen molar-refractivity contribution in [3.8, 4) is 5.88 Å². The predicted molar refractivity (Wildman–Crippen MR) is 73.0 cm³/mol. The van der Waals surface area contributed by atoms with Gasteiger partial charge in [0.05, 0.1) is 5.52 Å². The Morgan fingerprint density at radius 2 is 2.00 bits per heavy atom. The Morgan fingerprint density at radius 1 is 1.22 bits per heavy atom. The number of benzene rings is 1. The number of fused-ring (bicyclic) bond motifs is 2. The number of ether oxygens (including phenoxy) is 1. The van der Waals surface area contributed by atoms with Crippen molar-refractivity contribution in [3.63, 3.8) is 0 Å². The van der Waals surface area contributed by atoms with Crippen LogP contribution in [0.1, 0.15) is 23.6 Å². The van der Waals surface area contributed by atoms with Gasteiger partial charge in [-0.1, -0.05) is 0 Å². The highest BCUT2D eigenvalue weighted by atomic mass is 16.5. The number of aromatic nitrogens is 1. The van der Waals surface area contributed by atoms with Crippen molar-refractivity contribution in [2.24, 2.45) is 0 Å². The molecule has 0 aliphatic carbocycles. The number of hydrogen-bond acceptors (Lipinski definition) is 3. The van der Waals surface area contributed by atoms with E-state index in [4.69, 9.17) is 4.74 Å². The molecular formula is C15H18N2O. The number of rotatable bonds is 0. The first kappa shape index (κ1) is 11.5. The number of pyridine rings is 1. The van der Waals surface area contributed by atoms with Crippen LogP contribution >= 0.6 is 0 Å². The molecule has 0 bridgehead atoms. The van der Waals surface area contributed by atoms with Crippen LogP contribution in [0.4, 0.5) is 0 Å². The van der Waals surface area contributed by atoms with Crippen molar-refractivity contribution < 1.29 is 4.74 Å². The Morgan fingerprint density at radius 3 is 2.83 bits per heavy atom. The molecule has 18 heavy (non-hydrogen) atoms. The highest BCUT2D eigenvalue weighted by molar-refractivity contribution is 5.82. The third-order valence-corrected chi connectivity index (χ3v) is 3.53. The van der Waals surface area contributed by atoms with E-state index in [-0.39, 0.29) is 6.10 Å². The Bertz CT molecular complexity index is 607. The third-order valence-electron chi connectivity index (χ3n) is 3.53. The summed E-state index contributed by atoms with van der Waals surface area (Å²) >= 11 is 0. The third kappa shape index (κ3) is 1.95. The summed E-state index contributed by atoms with van der Waals surface area (Å²) in [6.45, 7) is 8.01. The molecule has 0 spiro atoms. The lowest BCUT2D eigenvalue weighted by Crippen LogP contribution is -2.25. The van der Waals surface area contributed by atoms with Crippen LogP contribution in [-0.4, -0.2) is 17.6 Å². The molecule has 3 nitrogen and oxygen atoms in total. The van der Waals surface area contributed by atoms with Gasteiger partial charge in [-0.25, -0.2) is 4.98 Å². The molecule has 0 radical (unpaired) electrons. The zero-order valence-corrected chi connectivity index (χ0v) is 11.1. The molecule has 0 fully saturated rings. The van der Waals surface area contributed by atoms with E-state index >= 15 is 0 Å². The van der Waals surface area contributed by atoms with Gasteiger partial charge < -0.3 is 10.1 Å². The van der Waals surface area contributed by atoms with Crippen LogP contribution in [0, 0.1) is 13.8 Å². The van der Waals surface area contributed by atoms with Gasteiger partial charge in [0.15, 0.2) is 0 Å². The van der Waals surface area contributed by atoms with Gasteiger partial charge in [0.1, 0.15) is 6.10 Å². The van der Waals surface area contributed by atoms with Crippen LogP contribution in [0.3, 0.4) is 0 Å². The summed E-state index contributed by atoms with van der Waals surface area (Å²) in [6.07, 6.45) is 0.169. The van der Waals surface area contributed by atoms with Gasteiger partial charge >= 0.3 is 0 Å². The molecule has 1 aromatic carbocycles. The smallest absolute Gasteiger partial charge is 0.218 e. The topological polar surface area (TPSA) is 34.1 Å². The predicted octanol–water partition coefficient (Wildman–Crippen LogP) is 2.72.